The summed E-state index contributed by atoms with van der Waals surface area (Å²) in [6, 6.07) is 9.48. The predicted octanol–water partition coefficient (Wildman–Crippen LogP) is 1.79. The van der Waals surface area contributed by atoms with Gasteiger partial charge in [-0.05, 0) is 31.7 Å². The molecule has 0 saturated heterocycles. The first-order valence-corrected chi connectivity index (χ1v) is 7.66. The number of aryl methyl sites for hydroxylation is 1. The topological polar surface area (TPSA) is 72.9 Å². The second-order valence-electron chi connectivity index (χ2n) is 6.16. The number of aromatic nitrogens is 2. The Labute approximate surface area is 130 Å². The van der Waals surface area contributed by atoms with Crippen molar-refractivity contribution in [1.29, 1.82) is 0 Å². The number of carbonyl (C=O) groups is 1. The van der Waals surface area contributed by atoms with Gasteiger partial charge in [-0.1, -0.05) is 30.3 Å². The molecule has 0 aliphatic heterocycles. The SMILES string of the molecule is Cn1ncc2c1CCCC2NC(=O)C(C)(N)c1ccccc1. The highest BCUT2D eigenvalue weighted by Crippen LogP contribution is 2.30. The standard InChI is InChI=1S/C17H22N4O/c1-17(18,12-7-4-3-5-8-12)16(22)20-14-9-6-10-15-13(14)11-19-21(15)2/h3-5,7-8,11,14H,6,9-10,18H2,1-2H3,(H,20,22). The van der Waals surface area contributed by atoms with Gasteiger partial charge in [0.05, 0.1) is 12.2 Å². The Balaban J connectivity index is 1.81. The molecular formula is C17H22N4O. The van der Waals surface area contributed by atoms with Crippen molar-refractivity contribution >= 4 is 5.91 Å². The lowest BCUT2D eigenvalue weighted by atomic mass is 9.89. The van der Waals surface area contributed by atoms with Crippen LogP contribution >= 0.6 is 0 Å². The minimum absolute atomic E-state index is 0.00321. The van der Waals surface area contributed by atoms with Crippen LogP contribution in [0.4, 0.5) is 0 Å². The zero-order chi connectivity index (χ0) is 15.7. The molecule has 5 heteroatoms. The summed E-state index contributed by atoms with van der Waals surface area (Å²) in [5.41, 5.74) is 8.39. The number of carbonyl (C=O) groups excluding carboxylic acids is 1. The number of benzene rings is 1. The van der Waals surface area contributed by atoms with E-state index in [1.807, 2.05) is 48.3 Å². The van der Waals surface area contributed by atoms with Crippen LogP contribution in [0.25, 0.3) is 0 Å². The van der Waals surface area contributed by atoms with E-state index in [1.54, 1.807) is 6.92 Å². The van der Waals surface area contributed by atoms with Crippen molar-refractivity contribution in [3.8, 4) is 0 Å². The molecule has 1 aromatic carbocycles. The number of nitrogens with zero attached hydrogens (tertiary/aromatic N) is 2. The summed E-state index contributed by atoms with van der Waals surface area (Å²) in [4.78, 5) is 12.7. The monoisotopic (exact) mass is 298 g/mol. The summed E-state index contributed by atoms with van der Waals surface area (Å²) in [5.74, 6) is -0.152. The Morgan fingerprint density at radius 1 is 1.41 bits per heavy atom. The van der Waals surface area contributed by atoms with Crippen LogP contribution in [0.1, 0.15) is 42.6 Å². The molecule has 1 aromatic heterocycles. The van der Waals surface area contributed by atoms with Crippen molar-refractivity contribution in [1.82, 2.24) is 15.1 Å². The molecule has 3 N–H and O–H groups in total. The molecule has 5 nitrogen and oxygen atoms in total. The van der Waals surface area contributed by atoms with E-state index in [0.717, 1.165) is 30.4 Å². The molecule has 116 valence electrons. The molecule has 0 spiro atoms. The summed E-state index contributed by atoms with van der Waals surface area (Å²) < 4.78 is 1.90. The largest absolute Gasteiger partial charge is 0.347 e. The van der Waals surface area contributed by atoms with E-state index in [2.05, 4.69) is 10.4 Å². The molecule has 22 heavy (non-hydrogen) atoms. The normalized spacial score (nSPS) is 20.0. The molecule has 0 fully saturated rings. The van der Waals surface area contributed by atoms with Gasteiger partial charge in [-0.25, -0.2) is 0 Å². The molecule has 1 heterocycles. The highest BCUT2D eigenvalue weighted by molar-refractivity contribution is 5.87. The van der Waals surface area contributed by atoms with E-state index >= 15 is 0 Å². The smallest absolute Gasteiger partial charge is 0.244 e. The predicted molar refractivity (Wildman–Crippen MR) is 85.0 cm³/mol. The molecule has 1 amide bonds. The summed E-state index contributed by atoms with van der Waals surface area (Å²) in [5, 5.41) is 7.42. The molecule has 2 atom stereocenters. The average Bonchev–Trinajstić information content (AvgIpc) is 2.91. The van der Waals surface area contributed by atoms with E-state index in [1.165, 1.54) is 5.69 Å². The summed E-state index contributed by atoms with van der Waals surface area (Å²) in [6.45, 7) is 1.75. The maximum absolute atomic E-state index is 12.7. The van der Waals surface area contributed by atoms with Crippen LogP contribution < -0.4 is 11.1 Å². The van der Waals surface area contributed by atoms with Crippen molar-refractivity contribution in [2.45, 2.75) is 37.8 Å². The molecule has 1 aliphatic rings. The first-order chi connectivity index (χ1) is 10.5. The summed E-state index contributed by atoms with van der Waals surface area (Å²) in [6.07, 6.45) is 4.84. The lowest BCUT2D eigenvalue weighted by molar-refractivity contribution is -0.127. The van der Waals surface area contributed by atoms with Crippen LogP contribution in [0.5, 0.6) is 0 Å². The van der Waals surface area contributed by atoms with Gasteiger partial charge in [-0.3, -0.25) is 9.48 Å². The number of nitrogens with two attached hydrogens (primary N) is 1. The van der Waals surface area contributed by atoms with Crippen LogP contribution in [0, 0.1) is 0 Å². The molecule has 0 radical (unpaired) electrons. The minimum Gasteiger partial charge on any atom is -0.347 e. The van der Waals surface area contributed by atoms with Crippen molar-refractivity contribution in [3.63, 3.8) is 0 Å². The number of nitrogens with one attached hydrogen (secondary N) is 1. The van der Waals surface area contributed by atoms with Crippen molar-refractivity contribution in [2.75, 3.05) is 0 Å². The molecule has 0 saturated carbocycles. The fourth-order valence-electron chi connectivity index (χ4n) is 3.08. The third-order valence-corrected chi connectivity index (χ3v) is 4.53. The van der Waals surface area contributed by atoms with E-state index in [9.17, 15) is 4.79 Å². The lowest BCUT2D eigenvalue weighted by Crippen LogP contribution is -2.50. The van der Waals surface area contributed by atoms with Gasteiger partial charge in [0.2, 0.25) is 5.91 Å². The first-order valence-electron chi connectivity index (χ1n) is 7.66. The second kappa shape index (κ2) is 5.57. The third kappa shape index (κ3) is 2.52. The van der Waals surface area contributed by atoms with Gasteiger partial charge < -0.3 is 11.1 Å². The van der Waals surface area contributed by atoms with Gasteiger partial charge in [0.1, 0.15) is 5.54 Å². The maximum atomic E-state index is 12.7. The quantitative estimate of drug-likeness (QED) is 0.907. The molecular weight excluding hydrogens is 276 g/mol. The third-order valence-electron chi connectivity index (χ3n) is 4.53. The Morgan fingerprint density at radius 2 is 2.14 bits per heavy atom. The van der Waals surface area contributed by atoms with Crippen LogP contribution in [-0.4, -0.2) is 15.7 Å². The highest BCUT2D eigenvalue weighted by atomic mass is 16.2. The van der Waals surface area contributed by atoms with E-state index in [0.29, 0.717) is 0 Å². The lowest BCUT2D eigenvalue weighted by Gasteiger charge is -2.29. The van der Waals surface area contributed by atoms with Crippen LogP contribution in [0.3, 0.4) is 0 Å². The first kappa shape index (κ1) is 14.8. The van der Waals surface area contributed by atoms with Crippen LogP contribution in [0.15, 0.2) is 36.5 Å². The molecule has 0 bridgehead atoms. The number of fused-ring (bicyclic) bond motifs is 1. The zero-order valence-corrected chi connectivity index (χ0v) is 13.0. The molecule has 3 rings (SSSR count). The Kier molecular flexibility index (Phi) is 3.74. The van der Waals surface area contributed by atoms with E-state index in [4.69, 9.17) is 5.73 Å². The number of amides is 1. The fourth-order valence-corrected chi connectivity index (χ4v) is 3.08. The Hall–Kier alpha value is -2.14. The Morgan fingerprint density at radius 3 is 2.86 bits per heavy atom. The van der Waals surface area contributed by atoms with Gasteiger partial charge in [0, 0.05) is 18.3 Å². The summed E-state index contributed by atoms with van der Waals surface area (Å²) in [7, 11) is 1.94. The highest BCUT2D eigenvalue weighted by Gasteiger charge is 2.33. The minimum atomic E-state index is -1.04. The average molecular weight is 298 g/mol. The van der Waals surface area contributed by atoms with Gasteiger partial charge in [-0.15, -0.1) is 0 Å². The second-order valence-corrected chi connectivity index (χ2v) is 6.16. The van der Waals surface area contributed by atoms with E-state index in [-0.39, 0.29) is 11.9 Å². The van der Waals surface area contributed by atoms with Crippen LogP contribution in [0.2, 0.25) is 0 Å². The van der Waals surface area contributed by atoms with E-state index < -0.39 is 5.54 Å². The van der Waals surface area contributed by atoms with Crippen molar-refractivity contribution < 1.29 is 4.79 Å². The molecule has 2 unspecified atom stereocenters. The summed E-state index contributed by atoms with van der Waals surface area (Å²) >= 11 is 0. The number of hydrogen-bond acceptors (Lipinski definition) is 3. The van der Waals surface area contributed by atoms with Gasteiger partial charge in [0.25, 0.3) is 0 Å². The number of hydrogen-bond donors (Lipinski definition) is 2. The van der Waals surface area contributed by atoms with Gasteiger partial charge in [-0.2, -0.15) is 5.10 Å². The number of rotatable bonds is 3. The Bertz CT molecular complexity index is 675. The maximum Gasteiger partial charge on any atom is 0.244 e. The van der Waals surface area contributed by atoms with Gasteiger partial charge in [0.15, 0.2) is 0 Å². The molecule has 1 aliphatic carbocycles. The van der Waals surface area contributed by atoms with Crippen molar-refractivity contribution in [2.24, 2.45) is 12.8 Å². The van der Waals surface area contributed by atoms with Crippen LogP contribution in [-0.2, 0) is 23.8 Å². The van der Waals surface area contributed by atoms with Crippen molar-refractivity contribution in [3.05, 3.63) is 53.3 Å². The zero-order valence-electron chi connectivity index (χ0n) is 13.0. The van der Waals surface area contributed by atoms with Gasteiger partial charge >= 0.3 is 0 Å². The fraction of sp³-hybridized carbons (Fsp3) is 0.412. The molecule has 2 aromatic rings.